The number of rotatable bonds is 4. The second kappa shape index (κ2) is 6.19. The fraction of sp³-hybridized carbons (Fsp3) is 0.533. The zero-order valence-corrected chi connectivity index (χ0v) is 14.3. The lowest BCUT2D eigenvalue weighted by molar-refractivity contribution is -0.131. The molecule has 0 spiro atoms. The molecule has 25 heavy (non-hydrogen) atoms. The van der Waals surface area contributed by atoms with Crippen LogP contribution >= 0.6 is 11.3 Å². The molecule has 2 unspecified atom stereocenters. The molecule has 4 rings (SSSR count). The van der Waals surface area contributed by atoms with Gasteiger partial charge in [0.25, 0.3) is 5.91 Å². The van der Waals surface area contributed by atoms with Crippen LogP contribution in [-0.4, -0.2) is 79.7 Å². The molecule has 0 aliphatic carbocycles. The van der Waals surface area contributed by atoms with Crippen molar-refractivity contribution in [3.63, 3.8) is 0 Å². The number of tetrazole rings is 1. The minimum absolute atomic E-state index is 0.00633. The third kappa shape index (κ3) is 2.81. The maximum absolute atomic E-state index is 12.6. The van der Waals surface area contributed by atoms with E-state index in [1.807, 2.05) is 16.8 Å². The minimum Gasteiger partial charge on any atom is -0.396 e. The van der Waals surface area contributed by atoms with E-state index in [2.05, 4.69) is 15.4 Å². The largest absolute Gasteiger partial charge is 0.396 e. The SMILES string of the molecule is O=C(Cn1ncnn1)N1CC2CN(C(=O)c3ccsc3)CC2(CO)C1. The number of carbonyl (C=O) groups is 2. The number of nitrogens with zero attached hydrogens (tertiary/aromatic N) is 6. The van der Waals surface area contributed by atoms with Crippen molar-refractivity contribution < 1.29 is 14.7 Å². The molecule has 10 heteroatoms. The number of thiophene rings is 1. The topological polar surface area (TPSA) is 104 Å². The summed E-state index contributed by atoms with van der Waals surface area (Å²) in [5, 5.41) is 24.9. The highest BCUT2D eigenvalue weighted by Crippen LogP contribution is 2.42. The third-order valence-electron chi connectivity index (χ3n) is 5.15. The minimum atomic E-state index is -0.447. The van der Waals surface area contributed by atoms with Crippen molar-refractivity contribution in [1.82, 2.24) is 30.0 Å². The highest BCUT2D eigenvalue weighted by atomic mass is 32.1. The van der Waals surface area contributed by atoms with Gasteiger partial charge in [0.1, 0.15) is 6.54 Å². The van der Waals surface area contributed by atoms with E-state index in [1.54, 1.807) is 9.80 Å². The Kier molecular flexibility index (Phi) is 4.00. The molecular formula is C15H18N6O3S. The first kappa shape index (κ1) is 16.2. The summed E-state index contributed by atoms with van der Waals surface area (Å²) in [5.74, 6) is -0.0307. The Hall–Kier alpha value is -2.33. The Morgan fingerprint density at radius 3 is 2.76 bits per heavy atom. The maximum atomic E-state index is 12.6. The molecule has 0 radical (unpaired) electrons. The summed E-state index contributed by atoms with van der Waals surface area (Å²) >= 11 is 1.49. The molecular weight excluding hydrogens is 344 g/mol. The van der Waals surface area contributed by atoms with Gasteiger partial charge in [-0.15, -0.1) is 10.2 Å². The van der Waals surface area contributed by atoms with Crippen LogP contribution in [0.2, 0.25) is 0 Å². The van der Waals surface area contributed by atoms with Gasteiger partial charge in [0.05, 0.1) is 12.2 Å². The van der Waals surface area contributed by atoms with Gasteiger partial charge in [-0.3, -0.25) is 9.59 Å². The zero-order valence-electron chi connectivity index (χ0n) is 13.5. The Labute approximate surface area is 147 Å². The quantitative estimate of drug-likeness (QED) is 0.773. The number of hydrogen-bond acceptors (Lipinski definition) is 7. The van der Waals surface area contributed by atoms with Crippen LogP contribution < -0.4 is 0 Å². The van der Waals surface area contributed by atoms with E-state index in [0.717, 1.165) is 0 Å². The van der Waals surface area contributed by atoms with Gasteiger partial charge in [-0.1, -0.05) is 0 Å². The van der Waals surface area contributed by atoms with Gasteiger partial charge >= 0.3 is 0 Å². The van der Waals surface area contributed by atoms with Crippen LogP contribution in [0.4, 0.5) is 0 Å². The van der Waals surface area contributed by atoms with Crippen molar-refractivity contribution in [2.24, 2.45) is 11.3 Å². The van der Waals surface area contributed by atoms with Crippen molar-refractivity contribution >= 4 is 23.2 Å². The highest BCUT2D eigenvalue weighted by molar-refractivity contribution is 7.08. The second-order valence-corrected chi connectivity index (χ2v) is 7.44. The molecule has 1 N–H and O–H groups in total. The van der Waals surface area contributed by atoms with Crippen LogP contribution in [0.25, 0.3) is 0 Å². The van der Waals surface area contributed by atoms with Gasteiger partial charge in [0, 0.05) is 42.9 Å². The average molecular weight is 362 g/mol. The van der Waals surface area contributed by atoms with Crippen molar-refractivity contribution in [2.75, 3.05) is 32.8 Å². The molecule has 2 saturated heterocycles. The molecule has 132 valence electrons. The molecule has 9 nitrogen and oxygen atoms in total. The molecule has 4 heterocycles. The third-order valence-corrected chi connectivity index (χ3v) is 5.83. The van der Waals surface area contributed by atoms with E-state index in [4.69, 9.17) is 0 Å². The van der Waals surface area contributed by atoms with Crippen LogP contribution in [0.5, 0.6) is 0 Å². The van der Waals surface area contributed by atoms with Crippen molar-refractivity contribution in [1.29, 1.82) is 0 Å². The lowest BCUT2D eigenvalue weighted by Gasteiger charge is -2.27. The number of aliphatic hydroxyl groups is 1. The standard InChI is InChI=1S/C15H18N6O3S/c22-9-15-7-19(13(23)5-21-17-10-16-18-21)3-12(15)4-20(8-15)14(24)11-1-2-25-6-11/h1-2,6,10,12,22H,3-5,7-9H2. The first-order valence-corrected chi connectivity index (χ1v) is 8.96. The predicted molar refractivity (Wildman–Crippen MR) is 87.6 cm³/mol. The monoisotopic (exact) mass is 362 g/mol. The van der Waals surface area contributed by atoms with Crippen molar-refractivity contribution in [3.8, 4) is 0 Å². The first-order chi connectivity index (χ1) is 12.1. The summed E-state index contributed by atoms with van der Waals surface area (Å²) in [7, 11) is 0. The highest BCUT2D eigenvalue weighted by Gasteiger charge is 2.54. The zero-order chi connectivity index (χ0) is 17.4. The van der Waals surface area contributed by atoms with Crippen molar-refractivity contribution in [3.05, 3.63) is 28.7 Å². The molecule has 2 amide bonds. The van der Waals surface area contributed by atoms with E-state index in [1.165, 1.54) is 22.5 Å². The number of likely N-dealkylation sites (tertiary alicyclic amines) is 2. The first-order valence-electron chi connectivity index (χ1n) is 8.02. The Bertz CT molecular complexity index is 764. The number of amides is 2. The van der Waals surface area contributed by atoms with Gasteiger partial charge in [-0.2, -0.15) is 16.1 Å². The summed E-state index contributed by atoms with van der Waals surface area (Å²) in [6.07, 6.45) is 1.29. The fourth-order valence-corrected chi connectivity index (χ4v) is 4.43. The lowest BCUT2D eigenvalue weighted by Crippen LogP contribution is -2.41. The maximum Gasteiger partial charge on any atom is 0.254 e. The summed E-state index contributed by atoms with van der Waals surface area (Å²) in [6, 6.07) is 1.81. The number of carbonyl (C=O) groups excluding carboxylic acids is 2. The Balaban J connectivity index is 1.44. The molecule has 0 saturated carbocycles. The number of aliphatic hydroxyl groups excluding tert-OH is 1. The predicted octanol–water partition coefficient (Wildman–Crippen LogP) is -0.672. The molecule has 2 aliphatic rings. The Morgan fingerprint density at radius 1 is 1.32 bits per heavy atom. The van der Waals surface area contributed by atoms with Crippen LogP contribution in [0.15, 0.2) is 23.2 Å². The molecule has 2 aliphatic heterocycles. The van der Waals surface area contributed by atoms with E-state index in [0.29, 0.717) is 31.7 Å². The van der Waals surface area contributed by atoms with Gasteiger partial charge < -0.3 is 14.9 Å². The van der Waals surface area contributed by atoms with Crippen LogP contribution in [0.3, 0.4) is 0 Å². The van der Waals surface area contributed by atoms with Gasteiger partial charge in [0.15, 0.2) is 6.33 Å². The molecule has 0 aromatic carbocycles. The molecule has 2 aromatic heterocycles. The molecule has 2 atom stereocenters. The number of hydrogen-bond donors (Lipinski definition) is 1. The normalized spacial score (nSPS) is 25.4. The molecule has 2 fully saturated rings. The van der Waals surface area contributed by atoms with E-state index >= 15 is 0 Å². The van der Waals surface area contributed by atoms with Crippen molar-refractivity contribution in [2.45, 2.75) is 6.54 Å². The smallest absolute Gasteiger partial charge is 0.254 e. The molecule has 0 bridgehead atoms. The second-order valence-electron chi connectivity index (χ2n) is 6.66. The fourth-order valence-electron chi connectivity index (χ4n) is 3.80. The Morgan fingerprint density at radius 2 is 2.12 bits per heavy atom. The van der Waals surface area contributed by atoms with Crippen LogP contribution in [0, 0.1) is 11.3 Å². The average Bonchev–Trinajstić information content (AvgIpc) is 3.36. The van der Waals surface area contributed by atoms with E-state index in [9.17, 15) is 14.7 Å². The number of aromatic nitrogens is 4. The van der Waals surface area contributed by atoms with Gasteiger partial charge in [0.2, 0.25) is 5.91 Å². The summed E-state index contributed by atoms with van der Waals surface area (Å²) in [6.45, 7) is 1.98. The van der Waals surface area contributed by atoms with E-state index in [-0.39, 0.29) is 30.9 Å². The summed E-state index contributed by atoms with van der Waals surface area (Å²) in [4.78, 5) is 29.8. The van der Waals surface area contributed by atoms with E-state index < -0.39 is 5.41 Å². The lowest BCUT2D eigenvalue weighted by atomic mass is 9.82. The van der Waals surface area contributed by atoms with Crippen LogP contribution in [-0.2, 0) is 11.3 Å². The van der Waals surface area contributed by atoms with Gasteiger partial charge in [-0.25, -0.2) is 0 Å². The summed E-state index contributed by atoms with van der Waals surface area (Å²) < 4.78 is 0. The van der Waals surface area contributed by atoms with Crippen LogP contribution in [0.1, 0.15) is 10.4 Å². The molecule has 2 aromatic rings. The van der Waals surface area contributed by atoms with Gasteiger partial charge in [-0.05, 0) is 16.7 Å². The summed E-state index contributed by atoms with van der Waals surface area (Å²) in [5.41, 5.74) is 0.236. The number of fused-ring (bicyclic) bond motifs is 1.